The number of hydrogen-bond acceptors (Lipinski definition) is 6. The molecule has 0 radical (unpaired) electrons. The van der Waals surface area contributed by atoms with E-state index >= 15 is 0 Å². The Hall–Kier alpha value is -3.70. The molecule has 0 aliphatic rings. The van der Waals surface area contributed by atoms with Crippen molar-refractivity contribution < 1.29 is 27.6 Å². The second-order valence-electron chi connectivity index (χ2n) is 5.24. The maximum absolute atomic E-state index is 12.5. The number of carbonyl (C=O) groups is 2. The van der Waals surface area contributed by atoms with Crippen molar-refractivity contribution >= 4 is 22.9 Å². The number of alkyl halides is 3. The van der Waals surface area contributed by atoms with Gasteiger partial charge in [-0.25, -0.2) is 19.1 Å². The van der Waals surface area contributed by atoms with Gasteiger partial charge < -0.3 is 9.82 Å². The fourth-order valence-corrected chi connectivity index (χ4v) is 2.24. The molecule has 140 valence electrons. The third kappa shape index (κ3) is 3.36. The number of ketones is 1. The van der Waals surface area contributed by atoms with E-state index in [0.29, 0.717) is 4.57 Å². The molecule has 27 heavy (non-hydrogen) atoms. The molecule has 1 N–H and O–H groups in total. The van der Waals surface area contributed by atoms with Gasteiger partial charge in [-0.15, -0.1) is 0 Å². The third-order valence-electron chi connectivity index (χ3n) is 3.48. The first-order valence-corrected chi connectivity index (χ1v) is 7.27. The van der Waals surface area contributed by atoms with Crippen molar-refractivity contribution in [3.05, 3.63) is 63.1 Å². The van der Waals surface area contributed by atoms with Crippen molar-refractivity contribution in [2.24, 2.45) is 0 Å². The topological polar surface area (TPSA) is 116 Å². The number of rotatable bonds is 4. The Labute approximate surface area is 146 Å². The van der Waals surface area contributed by atoms with E-state index in [2.05, 4.69) is 14.8 Å². The largest absolute Gasteiger partial charge is 0.493 e. The minimum Gasteiger partial charge on any atom is -0.339 e. The summed E-state index contributed by atoms with van der Waals surface area (Å²) in [7, 11) is 0. The lowest BCUT2D eigenvalue weighted by molar-refractivity contribution is -0.200. The predicted octanol–water partition coefficient (Wildman–Crippen LogP) is 0.287. The lowest BCUT2D eigenvalue weighted by atomic mass is 10.1. The molecule has 0 saturated carbocycles. The van der Waals surface area contributed by atoms with Gasteiger partial charge >= 0.3 is 17.8 Å². The average Bonchev–Trinajstić information content (AvgIpc) is 3.11. The van der Waals surface area contributed by atoms with Crippen molar-refractivity contribution in [3.8, 4) is 0 Å². The van der Waals surface area contributed by atoms with Crippen LogP contribution in [0.3, 0.4) is 0 Å². The van der Waals surface area contributed by atoms with E-state index in [9.17, 15) is 32.3 Å². The van der Waals surface area contributed by atoms with Crippen LogP contribution in [-0.2, 0) is 11.3 Å². The summed E-state index contributed by atoms with van der Waals surface area (Å²) in [5.74, 6) is -3.34. The van der Waals surface area contributed by atoms with Gasteiger partial charge in [0.2, 0.25) is 5.65 Å². The molecule has 3 aromatic rings. The predicted molar refractivity (Wildman–Crippen MR) is 83.0 cm³/mol. The smallest absolute Gasteiger partial charge is 0.339 e. The van der Waals surface area contributed by atoms with Gasteiger partial charge in [0.05, 0.1) is 12.9 Å². The summed E-state index contributed by atoms with van der Waals surface area (Å²) in [5.41, 5.74) is -3.32. The van der Waals surface area contributed by atoms with Crippen molar-refractivity contribution in [2.45, 2.75) is 12.7 Å². The fraction of sp³-hybridized carbons (Fsp3) is 0.133. The molecule has 0 amide bonds. The summed E-state index contributed by atoms with van der Waals surface area (Å²) in [6.07, 6.45) is -4.46. The van der Waals surface area contributed by atoms with Crippen LogP contribution in [0, 0.1) is 0 Å². The number of imidazole rings is 1. The number of Topliss-reactive ketones (excluding diaryl/α,β-unsaturated/α-hetero) is 1. The first-order chi connectivity index (χ1) is 12.7. The second-order valence-corrected chi connectivity index (χ2v) is 5.24. The molecule has 1 aromatic carbocycles. The minimum atomic E-state index is -5.39. The van der Waals surface area contributed by atoms with Crippen LogP contribution in [0.2, 0.25) is 0 Å². The van der Waals surface area contributed by atoms with Crippen LogP contribution in [0.15, 0.2) is 46.2 Å². The molecule has 0 saturated heterocycles. The normalized spacial score (nSPS) is 11.5. The van der Waals surface area contributed by atoms with Gasteiger partial charge in [-0.2, -0.15) is 13.2 Å². The molecule has 0 aliphatic heterocycles. The molecular weight excluding hydrogens is 373 g/mol. The third-order valence-corrected chi connectivity index (χ3v) is 3.48. The number of halogens is 3. The number of nitrogens with zero attached hydrogens (tertiary/aromatic N) is 3. The summed E-state index contributed by atoms with van der Waals surface area (Å²) >= 11 is 0. The molecule has 0 spiro atoms. The molecule has 0 bridgehead atoms. The number of nitrogens with one attached hydrogen (secondary N) is 1. The van der Waals surface area contributed by atoms with Gasteiger partial charge in [0.25, 0.3) is 5.56 Å². The maximum atomic E-state index is 12.5. The van der Waals surface area contributed by atoms with Gasteiger partial charge in [-0.1, -0.05) is 35.1 Å². The van der Waals surface area contributed by atoms with Crippen molar-refractivity contribution in [3.63, 3.8) is 0 Å². The molecule has 0 aliphatic carbocycles. The Balaban J connectivity index is 2.11. The number of aromatic amines is 1. The zero-order valence-electron chi connectivity index (χ0n) is 13.2. The summed E-state index contributed by atoms with van der Waals surface area (Å²) < 4.78 is 37.7. The minimum absolute atomic E-state index is 0.0820. The number of H-pyrrole nitrogens is 1. The van der Waals surface area contributed by atoms with Gasteiger partial charge in [-0.05, 0) is 0 Å². The number of aromatic nitrogens is 4. The van der Waals surface area contributed by atoms with E-state index in [1.165, 1.54) is 12.1 Å². The lowest BCUT2D eigenvalue weighted by Crippen LogP contribution is -2.47. The quantitative estimate of drug-likeness (QED) is 0.649. The van der Waals surface area contributed by atoms with E-state index in [1.807, 2.05) is 0 Å². The molecule has 0 atom stereocenters. The molecular formula is C15H9F3N4O5. The van der Waals surface area contributed by atoms with Crippen LogP contribution in [0.1, 0.15) is 10.4 Å². The molecule has 3 rings (SSSR count). The van der Waals surface area contributed by atoms with Crippen molar-refractivity contribution in [2.75, 3.05) is 0 Å². The molecule has 0 unspecified atom stereocenters. The highest BCUT2D eigenvalue weighted by atomic mass is 19.4. The molecule has 9 nitrogen and oxygen atoms in total. The van der Waals surface area contributed by atoms with E-state index in [0.717, 1.165) is 6.33 Å². The van der Waals surface area contributed by atoms with E-state index in [-0.39, 0.29) is 10.3 Å². The monoisotopic (exact) mass is 382 g/mol. The summed E-state index contributed by atoms with van der Waals surface area (Å²) in [6, 6.07) is 7.62. The number of hydrogen-bond donors (Lipinski definition) is 1. The molecule has 12 heteroatoms. The van der Waals surface area contributed by atoms with Crippen molar-refractivity contribution in [1.82, 2.24) is 19.3 Å². The van der Waals surface area contributed by atoms with Crippen LogP contribution >= 0.6 is 0 Å². The van der Waals surface area contributed by atoms with Crippen LogP contribution in [0.25, 0.3) is 11.2 Å². The SMILES string of the molecule is O=C(Cn1c(=O)c2[nH]cnc2n(OC(=O)C(F)(F)F)c1=O)c1ccccc1. The Morgan fingerprint density at radius 2 is 1.81 bits per heavy atom. The number of benzene rings is 1. The van der Waals surface area contributed by atoms with Crippen LogP contribution in [0.5, 0.6) is 0 Å². The molecule has 2 heterocycles. The maximum Gasteiger partial charge on any atom is 0.493 e. The van der Waals surface area contributed by atoms with Gasteiger partial charge in [0, 0.05) is 5.56 Å². The first-order valence-electron chi connectivity index (χ1n) is 7.27. The van der Waals surface area contributed by atoms with Crippen LogP contribution in [0.4, 0.5) is 13.2 Å². The Bertz CT molecular complexity index is 1140. The highest BCUT2D eigenvalue weighted by molar-refractivity contribution is 5.95. The van der Waals surface area contributed by atoms with Gasteiger partial charge in [0.1, 0.15) is 0 Å². The highest BCUT2D eigenvalue weighted by Gasteiger charge is 2.42. The fourth-order valence-electron chi connectivity index (χ4n) is 2.24. The van der Waals surface area contributed by atoms with E-state index in [4.69, 9.17) is 0 Å². The summed E-state index contributed by atoms with van der Waals surface area (Å²) in [4.78, 5) is 58.0. The van der Waals surface area contributed by atoms with E-state index < -0.39 is 46.9 Å². The first kappa shape index (κ1) is 18.1. The lowest BCUT2D eigenvalue weighted by Gasteiger charge is -2.11. The Morgan fingerprint density at radius 1 is 1.15 bits per heavy atom. The highest BCUT2D eigenvalue weighted by Crippen LogP contribution is 2.15. The van der Waals surface area contributed by atoms with Crippen molar-refractivity contribution in [1.29, 1.82) is 0 Å². The summed E-state index contributed by atoms with van der Waals surface area (Å²) in [5, 5.41) is 0. The Morgan fingerprint density at radius 3 is 2.44 bits per heavy atom. The summed E-state index contributed by atoms with van der Waals surface area (Å²) in [6.45, 7) is -0.778. The van der Waals surface area contributed by atoms with Crippen LogP contribution in [-0.4, -0.2) is 37.2 Å². The van der Waals surface area contributed by atoms with Gasteiger partial charge in [0.15, 0.2) is 11.3 Å². The van der Waals surface area contributed by atoms with E-state index in [1.54, 1.807) is 18.2 Å². The Kier molecular flexibility index (Phi) is 4.39. The molecule has 0 fully saturated rings. The van der Waals surface area contributed by atoms with Gasteiger partial charge in [-0.3, -0.25) is 9.59 Å². The zero-order valence-corrected chi connectivity index (χ0v) is 13.2. The number of carbonyl (C=O) groups excluding carboxylic acids is 2. The number of fused-ring (bicyclic) bond motifs is 1. The average molecular weight is 382 g/mol. The second kappa shape index (κ2) is 6.55. The molecule has 2 aromatic heterocycles. The zero-order chi connectivity index (χ0) is 19.8. The van der Waals surface area contributed by atoms with Crippen LogP contribution < -0.4 is 16.1 Å². The standard InChI is InChI=1S/C15H9F3N4O5/c16-15(17,18)13(25)27-22-11-10(19-7-20-11)12(24)21(14(22)26)6-9(23)8-4-2-1-3-5-8/h1-5,7H,6H2,(H,19,20).